The molecule has 2 aliphatic carbocycles. The van der Waals surface area contributed by atoms with E-state index < -0.39 is 19.3 Å². The van der Waals surface area contributed by atoms with Crippen LogP contribution in [0.15, 0.2) is 6.33 Å². The van der Waals surface area contributed by atoms with Gasteiger partial charge in [-0.05, 0) is 30.4 Å². The number of aliphatic hydroxyl groups is 1. The standard InChI is InChI=1S/C13H17ClN5O5P/c1-15-10-9-11(18-12(14)17-10)19(5-16-9)7-2-8(20)13(3-6(7)13)4-24-25(21,22)23/h5-8,20H,2-4H2,1H3,(H,15,17,18)(H2,21,22,23)/t6?,7-,8?,13-/m0/s1. The number of anilines is 1. The van der Waals surface area contributed by atoms with Crippen LogP contribution in [0.4, 0.5) is 5.82 Å². The first-order valence-electron chi connectivity index (χ1n) is 7.71. The Morgan fingerprint density at radius 1 is 1.52 bits per heavy atom. The topological polar surface area (TPSA) is 143 Å². The van der Waals surface area contributed by atoms with E-state index >= 15 is 0 Å². The largest absolute Gasteiger partial charge is 0.469 e. The highest BCUT2D eigenvalue weighted by molar-refractivity contribution is 7.46. The molecule has 0 saturated heterocycles. The Balaban J connectivity index is 1.66. The number of aromatic nitrogens is 4. The zero-order valence-electron chi connectivity index (χ0n) is 13.2. The van der Waals surface area contributed by atoms with Crippen molar-refractivity contribution >= 4 is 36.4 Å². The van der Waals surface area contributed by atoms with Crippen LogP contribution in [-0.4, -0.2) is 54.2 Å². The van der Waals surface area contributed by atoms with Gasteiger partial charge < -0.3 is 24.8 Å². The summed E-state index contributed by atoms with van der Waals surface area (Å²) in [5.41, 5.74) is 0.497. The van der Waals surface area contributed by atoms with Gasteiger partial charge in [-0.1, -0.05) is 0 Å². The first-order valence-corrected chi connectivity index (χ1v) is 9.62. The van der Waals surface area contributed by atoms with Crippen LogP contribution in [-0.2, 0) is 9.09 Å². The number of imidazole rings is 1. The lowest BCUT2D eigenvalue weighted by Crippen LogP contribution is -2.23. The third-order valence-corrected chi connectivity index (χ3v) is 5.90. The van der Waals surface area contributed by atoms with Gasteiger partial charge in [0.1, 0.15) is 0 Å². The maximum absolute atomic E-state index is 11.0. The molecule has 4 N–H and O–H groups in total. The van der Waals surface area contributed by atoms with Gasteiger partial charge in [0.25, 0.3) is 0 Å². The second kappa shape index (κ2) is 5.60. The predicted octanol–water partition coefficient (Wildman–Crippen LogP) is 0.943. The zero-order chi connectivity index (χ0) is 18.0. The number of hydrogen-bond donors (Lipinski definition) is 4. The number of phosphoric acid groups is 1. The fourth-order valence-electron chi connectivity index (χ4n) is 3.96. The van der Waals surface area contributed by atoms with E-state index in [9.17, 15) is 9.67 Å². The van der Waals surface area contributed by atoms with Gasteiger partial charge in [0.15, 0.2) is 17.0 Å². The van der Waals surface area contributed by atoms with Crippen LogP contribution in [0.25, 0.3) is 11.2 Å². The lowest BCUT2D eigenvalue weighted by Gasteiger charge is -2.18. The quantitative estimate of drug-likeness (QED) is 0.434. The minimum atomic E-state index is -4.57. The summed E-state index contributed by atoms with van der Waals surface area (Å²) >= 11 is 5.98. The normalized spacial score (nSPS) is 31.3. The molecule has 2 heterocycles. The number of nitrogens with zero attached hydrogens (tertiary/aromatic N) is 4. The summed E-state index contributed by atoms with van der Waals surface area (Å²) in [7, 11) is -2.86. The molecule has 0 spiro atoms. The second-order valence-electron chi connectivity index (χ2n) is 6.54. The summed E-state index contributed by atoms with van der Waals surface area (Å²) in [6.07, 6.45) is 1.96. The molecule has 2 aromatic rings. The van der Waals surface area contributed by atoms with Gasteiger partial charge in [0.05, 0.1) is 19.0 Å². The molecule has 2 fully saturated rings. The zero-order valence-corrected chi connectivity index (χ0v) is 14.9. The maximum Gasteiger partial charge on any atom is 0.469 e. The van der Waals surface area contributed by atoms with Crippen LogP contribution in [0, 0.1) is 11.3 Å². The van der Waals surface area contributed by atoms with Gasteiger partial charge in [0, 0.05) is 18.5 Å². The molecule has 0 aliphatic heterocycles. The Labute approximate surface area is 147 Å². The summed E-state index contributed by atoms with van der Waals surface area (Å²) in [5, 5.41) is 13.5. The van der Waals surface area contributed by atoms with Crippen molar-refractivity contribution in [3.8, 4) is 0 Å². The molecular formula is C13H17ClN5O5P. The molecule has 2 aliphatic rings. The molecule has 0 bridgehead atoms. The van der Waals surface area contributed by atoms with E-state index in [-0.39, 0.29) is 23.9 Å². The van der Waals surface area contributed by atoms with E-state index in [4.69, 9.17) is 21.4 Å². The smallest absolute Gasteiger partial charge is 0.392 e. The van der Waals surface area contributed by atoms with Crippen molar-refractivity contribution in [2.24, 2.45) is 11.3 Å². The molecule has 0 amide bonds. The van der Waals surface area contributed by atoms with Crippen molar-refractivity contribution in [2.75, 3.05) is 19.0 Å². The maximum atomic E-state index is 11.0. The predicted molar refractivity (Wildman–Crippen MR) is 88.1 cm³/mol. The molecule has 136 valence electrons. The number of rotatable bonds is 5. The highest BCUT2D eigenvalue weighted by Gasteiger charge is 2.68. The average molecular weight is 390 g/mol. The van der Waals surface area contributed by atoms with Crippen molar-refractivity contribution in [1.82, 2.24) is 19.5 Å². The first kappa shape index (κ1) is 17.1. The summed E-state index contributed by atoms with van der Waals surface area (Å²) in [5.74, 6) is 0.539. The van der Waals surface area contributed by atoms with Crippen molar-refractivity contribution in [3.63, 3.8) is 0 Å². The number of aliphatic hydroxyl groups excluding tert-OH is 1. The van der Waals surface area contributed by atoms with E-state index in [0.717, 1.165) is 0 Å². The van der Waals surface area contributed by atoms with Crippen LogP contribution in [0.1, 0.15) is 18.9 Å². The Hall–Kier alpha value is -1.29. The molecule has 2 unspecified atom stereocenters. The Kier molecular flexibility index (Phi) is 3.84. The van der Waals surface area contributed by atoms with Gasteiger partial charge in [-0.25, -0.2) is 9.55 Å². The van der Waals surface area contributed by atoms with E-state index in [2.05, 4.69) is 24.8 Å². The Morgan fingerprint density at radius 3 is 2.92 bits per heavy atom. The average Bonchev–Trinajstić information content (AvgIpc) is 3.03. The lowest BCUT2D eigenvalue weighted by molar-refractivity contribution is 0.0564. The molecule has 4 rings (SSSR count). The fraction of sp³-hybridized carbons (Fsp3) is 0.615. The highest BCUT2D eigenvalue weighted by atomic mass is 35.5. The minimum absolute atomic E-state index is 0.0261. The first-order chi connectivity index (χ1) is 11.7. The summed E-state index contributed by atoms with van der Waals surface area (Å²) in [6.45, 7) is -0.177. The summed E-state index contributed by atoms with van der Waals surface area (Å²) in [6, 6.07) is -0.101. The van der Waals surface area contributed by atoms with Gasteiger partial charge in [-0.3, -0.25) is 4.52 Å². The van der Waals surface area contributed by atoms with Crippen LogP contribution in [0.5, 0.6) is 0 Å². The van der Waals surface area contributed by atoms with Crippen LogP contribution < -0.4 is 5.32 Å². The van der Waals surface area contributed by atoms with Gasteiger partial charge in [-0.15, -0.1) is 0 Å². The van der Waals surface area contributed by atoms with Gasteiger partial charge >= 0.3 is 7.82 Å². The SMILES string of the molecule is CNc1nc(Cl)nc2c1ncn2[C@H]1CC(O)[C@]2(COP(=O)(O)O)CC12. The van der Waals surface area contributed by atoms with Crippen molar-refractivity contribution in [2.45, 2.75) is 25.0 Å². The number of fused-ring (bicyclic) bond motifs is 2. The molecular weight excluding hydrogens is 373 g/mol. The summed E-state index contributed by atoms with van der Waals surface area (Å²) in [4.78, 5) is 30.5. The van der Waals surface area contributed by atoms with Crippen LogP contribution in [0.3, 0.4) is 0 Å². The van der Waals surface area contributed by atoms with E-state index in [1.807, 2.05) is 4.57 Å². The third-order valence-electron chi connectivity index (χ3n) is 5.26. The van der Waals surface area contributed by atoms with Crippen molar-refractivity contribution < 1.29 is 24.0 Å². The molecule has 0 aromatic carbocycles. The lowest BCUT2D eigenvalue weighted by atomic mass is 10.0. The molecule has 12 heteroatoms. The summed E-state index contributed by atoms with van der Waals surface area (Å²) < 4.78 is 17.5. The van der Waals surface area contributed by atoms with Crippen molar-refractivity contribution in [1.29, 1.82) is 0 Å². The molecule has 2 aromatic heterocycles. The molecule has 10 nitrogen and oxygen atoms in total. The Morgan fingerprint density at radius 2 is 2.28 bits per heavy atom. The van der Waals surface area contributed by atoms with Gasteiger partial charge in [-0.2, -0.15) is 9.97 Å². The van der Waals surface area contributed by atoms with Crippen molar-refractivity contribution in [3.05, 3.63) is 11.6 Å². The highest BCUT2D eigenvalue weighted by Crippen LogP contribution is 2.68. The third kappa shape index (κ3) is 2.73. The number of halogens is 1. The number of hydrogen-bond acceptors (Lipinski definition) is 7. The second-order valence-corrected chi connectivity index (χ2v) is 8.12. The molecule has 2 saturated carbocycles. The van der Waals surface area contributed by atoms with E-state index in [1.54, 1.807) is 13.4 Å². The minimum Gasteiger partial charge on any atom is -0.392 e. The van der Waals surface area contributed by atoms with Crippen LogP contribution >= 0.6 is 19.4 Å². The van der Waals surface area contributed by atoms with E-state index in [1.165, 1.54) is 0 Å². The Bertz CT molecular complexity index is 887. The van der Waals surface area contributed by atoms with Crippen LogP contribution in [0.2, 0.25) is 5.28 Å². The molecule has 4 atom stereocenters. The number of phosphoric ester groups is 1. The fourth-order valence-corrected chi connectivity index (χ4v) is 4.53. The van der Waals surface area contributed by atoms with E-state index in [0.29, 0.717) is 29.8 Å². The van der Waals surface area contributed by atoms with Gasteiger partial charge in [0.2, 0.25) is 5.28 Å². The number of nitrogens with one attached hydrogen (secondary N) is 1. The monoisotopic (exact) mass is 389 g/mol. The molecule has 0 radical (unpaired) electrons. The molecule has 25 heavy (non-hydrogen) atoms.